The van der Waals surface area contributed by atoms with Gasteiger partial charge in [-0.25, -0.2) is 0 Å². The fraction of sp³-hybridized carbons (Fsp3) is 0. The fourth-order valence-corrected chi connectivity index (χ4v) is 0.602. The topological polar surface area (TPSA) is 30.2 Å². The number of furan rings is 1. The third-order valence-corrected chi connectivity index (χ3v) is 1.10. The fourth-order valence-electron chi connectivity index (χ4n) is 0.602. The van der Waals surface area contributed by atoms with Crippen LogP contribution in [0.25, 0.3) is 0 Å². The van der Waals surface area contributed by atoms with Gasteiger partial charge in [-0.15, -0.1) is 0 Å². The second-order valence-corrected chi connectivity index (χ2v) is 1.98. The standard InChI is InChI=1S/C5H3BF3O2.K/c7-6(8,9)5-1-4(2-10)3-11-5;/h1-3H;/q-1;+1. The Hall–Kier alpha value is 0.441. The van der Waals surface area contributed by atoms with Crippen LogP contribution in [-0.4, -0.2) is 13.3 Å². The third kappa shape index (κ3) is 3.06. The maximum Gasteiger partial charge on any atom is 1.00 e. The van der Waals surface area contributed by atoms with Gasteiger partial charge in [0.15, 0.2) is 6.29 Å². The van der Waals surface area contributed by atoms with Crippen LogP contribution in [0.2, 0.25) is 0 Å². The Morgan fingerprint density at radius 3 is 2.25 bits per heavy atom. The van der Waals surface area contributed by atoms with Gasteiger partial charge in [0.1, 0.15) is 0 Å². The normalized spacial score (nSPS) is 10.6. The number of hydrogen-bond donors (Lipinski definition) is 0. The van der Waals surface area contributed by atoms with Crippen LogP contribution in [0.15, 0.2) is 16.7 Å². The maximum absolute atomic E-state index is 11.8. The van der Waals surface area contributed by atoms with Gasteiger partial charge in [0.05, 0.1) is 6.26 Å². The minimum absolute atomic E-state index is 0. The van der Waals surface area contributed by atoms with E-state index in [9.17, 15) is 17.7 Å². The third-order valence-electron chi connectivity index (χ3n) is 1.10. The molecule has 0 aromatic carbocycles. The number of carbonyl (C=O) groups excluding carboxylic acids is 1. The summed E-state index contributed by atoms with van der Waals surface area (Å²) >= 11 is 0. The van der Waals surface area contributed by atoms with Crippen molar-refractivity contribution in [1.29, 1.82) is 0 Å². The molecule has 0 spiro atoms. The van der Waals surface area contributed by atoms with E-state index in [4.69, 9.17) is 0 Å². The molecule has 0 bridgehead atoms. The molecule has 12 heavy (non-hydrogen) atoms. The van der Waals surface area contributed by atoms with Crippen LogP contribution in [0.1, 0.15) is 10.4 Å². The van der Waals surface area contributed by atoms with Gasteiger partial charge < -0.3 is 17.4 Å². The second kappa shape index (κ2) is 4.61. The molecule has 1 heterocycles. The Kier molecular flexibility index (Phi) is 4.78. The molecule has 7 heteroatoms. The Labute approximate surface area is 109 Å². The quantitative estimate of drug-likeness (QED) is 0.416. The molecule has 0 aliphatic rings. The van der Waals surface area contributed by atoms with Crippen molar-refractivity contribution in [2.24, 2.45) is 0 Å². The van der Waals surface area contributed by atoms with E-state index in [-0.39, 0.29) is 56.9 Å². The first kappa shape index (κ1) is 12.4. The van der Waals surface area contributed by atoms with Crippen molar-refractivity contribution in [3.8, 4) is 0 Å². The molecule has 0 radical (unpaired) electrons. The summed E-state index contributed by atoms with van der Waals surface area (Å²) in [5.41, 5.74) is -1.19. The largest absolute Gasteiger partial charge is 1.00 e. The summed E-state index contributed by atoms with van der Waals surface area (Å²) in [5.74, 6) is 0. The van der Waals surface area contributed by atoms with Crippen LogP contribution < -0.4 is 57.0 Å². The molecule has 0 atom stereocenters. The predicted octanol–water partition coefficient (Wildman–Crippen LogP) is -1.85. The van der Waals surface area contributed by atoms with Gasteiger partial charge in [-0.1, -0.05) is 0 Å². The average molecular weight is 202 g/mol. The number of aldehydes is 1. The van der Waals surface area contributed by atoms with Crippen LogP contribution in [-0.2, 0) is 0 Å². The Balaban J connectivity index is 0.00000121. The Bertz CT molecular complexity index is 270. The average Bonchev–Trinajstić information content (AvgIpc) is 2.32. The number of halogens is 3. The smallest absolute Gasteiger partial charge is 0.500 e. The van der Waals surface area contributed by atoms with Gasteiger partial charge in [0.2, 0.25) is 0 Å². The van der Waals surface area contributed by atoms with Crippen molar-refractivity contribution < 1.29 is 73.5 Å². The molecule has 2 nitrogen and oxygen atoms in total. The molecule has 1 aromatic rings. The molecule has 0 aliphatic heterocycles. The Morgan fingerprint density at radius 2 is 2.00 bits per heavy atom. The molecule has 1 aromatic heterocycles. The molecule has 60 valence electrons. The van der Waals surface area contributed by atoms with Gasteiger partial charge in [-0.05, 0) is 6.07 Å². The summed E-state index contributed by atoms with van der Waals surface area (Å²) in [4.78, 5) is 9.93. The van der Waals surface area contributed by atoms with E-state index in [2.05, 4.69) is 4.42 Å². The van der Waals surface area contributed by atoms with Crippen LogP contribution in [0.5, 0.6) is 0 Å². The van der Waals surface area contributed by atoms with E-state index >= 15 is 0 Å². The molecule has 0 unspecified atom stereocenters. The molecular formula is C5H3BF3KO2. The van der Waals surface area contributed by atoms with Gasteiger partial charge >= 0.3 is 58.4 Å². The van der Waals surface area contributed by atoms with Gasteiger partial charge in [0, 0.05) is 11.2 Å². The van der Waals surface area contributed by atoms with Crippen molar-refractivity contribution >= 4 is 18.9 Å². The summed E-state index contributed by atoms with van der Waals surface area (Å²) in [6, 6.07) is 0.674. The van der Waals surface area contributed by atoms with E-state index in [0.29, 0.717) is 12.4 Å². The summed E-state index contributed by atoms with van der Waals surface area (Å²) in [5, 5.41) is 0. The zero-order valence-electron chi connectivity index (χ0n) is 6.26. The predicted molar refractivity (Wildman–Crippen MR) is 32.8 cm³/mol. The van der Waals surface area contributed by atoms with Crippen LogP contribution >= 0.6 is 0 Å². The van der Waals surface area contributed by atoms with Crippen molar-refractivity contribution in [2.45, 2.75) is 0 Å². The van der Waals surface area contributed by atoms with E-state index in [1.807, 2.05) is 0 Å². The molecule has 1 rings (SSSR count). The summed E-state index contributed by atoms with van der Waals surface area (Å²) in [7, 11) is 0. The first-order chi connectivity index (χ1) is 5.04. The minimum atomic E-state index is -5.12. The number of carbonyl (C=O) groups is 1. The van der Waals surface area contributed by atoms with Gasteiger partial charge in [-0.3, -0.25) is 4.79 Å². The first-order valence-electron chi connectivity index (χ1n) is 2.77. The monoisotopic (exact) mass is 202 g/mol. The molecular weight excluding hydrogens is 199 g/mol. The molecule has 0 N–H and O–H groups in total. The number of rotatable bonds is 2. The van der Waals surface area contributed by atoms with E-state index < -0.39 is 12.6 Å². The van der Waals surface area contributed by atoms with E-state index in [1.165, 1.54) is 0 Å². The van der Waals surface area contributed by atoms with Crippen molar-refractivity contribution in [1.82, 2.24) is 0 Å². The SMILES string of the molecule is O=Cc1coc([B-](F)(F)F)c1.[K+]. The minimum Gasteiger partial charge on any atom is -0.500 e. The van der Waals surface area contributed by atoms with Crippen molar-refractivity contribution in [3.63, 3.8) is 0 Å². The molecule has 0 fully saturated rings. The molecule has 0 saturated heterocycles. The van der Waals surface area contributed by atoms with Crippen LogP contribution in [0.4, 0.5) is 12.9 Å². The van der Waals surface area contributed by atoms with E-state index in [1.54, 1.807) is 0 Å². The molecule has 0 aliphatic carbocycles. The summed E-state index contributed by atoms with van der Waals surface area (Å²) in [6.07, 6.45) is 1.08. The second-order valence-electron chi connectivity index (χ2n) is 1.98. The number of hydrogen-bond acceptors (Lipinski definition) is 2. The van der Waals surface area contributed by atoms with Crippen LogP contribution in [0, 0.1) is 0 Å². The van der Waals surface area contributed by atoms with Crippen molar-refractivity contribution in [2.75, 3.05) is 0 Å². The zero-order valence-corrected chi connectivity index (χ0v) is 9.38. The molecule has 0 amide bonds. The first-order valence-corrected chi connectivity index (χ1v) is 2.77. The summed E-state index contributed by atoms with van der Waals surface area (Å²) < 4.78 is 39.5. The summed E-state index contributed by atoms with van der Waals surface area (Å²) in [6.45, 7) is -5.12. The van der Waals surface area contributed by atoms with Crippen LogP contribution in [0.3, 0.4) is 0 Å². The zero-order chi connectivity index (χ0) is 8.48. The van der Waals surface area contributed by atoms with E-state index in [0.717, 1.165) is 6.26 Å². The van der Waals surface area contributed by atoms with Gasteiger partial charge in [-0.2, -0.15) is 0 Å². The Morgan fingerprint density at radius 1 is 1.42 bits per heavy atom. The van der Waals surface area contributed by atoms with Crippen molar-refractivity contribution in [3.05, 3.63) is 17.9 Å². The maximum atomic E-state index is 11.8. The molecule has 0 saturated carbocycles. The van der Waals surface area contributed by atoms with Gasteiger partial charge in [0.25, 0.3) is 0 Å².